The van der Waals surface area contributed by atoms with Crippen LogP contribution < -0.4 is 14.8 Å². The zero-order chi connectivity index (χ0) is 24.2. The molecule has 0 saturated carbocycles. The van der Waals surface area contributed by atoms with Gasteiger partial charge in [0.05, 0.1) is 23.0 Å². The number of nitro groups is 1. The van der Waals surface area contributed by atoms with Crippen LogP contribution in [-0.2, 0) is 10.0 Å². The molecule has 1 heterocycles. The molecule has 0 amide bonds. The predicted molar refractivity (Wildman–Crippen MR) is 128 cm³/mol. The van der Waals surface area contributed by atoms with Crippen LogP contribution in [0.1, 0.15) is 45.2 Å². The van der Waals surface area contributed by atoms with E-state index in [2.05, 4.69) is 14.9 Å². The van der Waals surface area contributed by atoms with E-state index in [1.165, 1.54) is 12.1 Å². The molecule has 0 spiro atoms. The predicted octanol–water partition coefficient (Wildman–Crippen LogP) is 3.93. The van der Waals surface area contributed by atoms with Crippen molar-refractivity contribution in [3.05, 3.63) is 58.1 Å². The van der Waals surface area contributed by atoms with Gasteiger partial charge in [-0.15, -0.1) is 0 Å². The smallest absolute Gasteiger partial charge is 0.293 e. The molecule has 2 aromatic carbocycles. The van der Waals surface area contributed by atoms with Gasteiger partial charge in [-0.1, -0.05) is 18.2 Å². The molecule has 0 aliphatic carbocycles. The van der Waals surface area contributed by atoms with Crippen molar-refractivity contribution in [2.24, 2.45) is 0 Å². The van der Waals surface area contributed by atoms with E-state index in [1.54, 1.807) is 27.9 Å². The molecule has 1 atom stereocenters. The Hall–Kier alpha value is -2.69. The van der Waals surface area contributed by atoms with Gasteiger partial charge in [0.2, 0.25) is 10.0 Å². The number of para-hydroxylation sites is 1. The summed E-state index contributed by atoms with van der Waals surface area (Å²) in [6.07, 6.45) is 2.19. The van der Waals surface area contributed by atoms with Gasteiger partial charge >= 0.3 is 0 Å². The average Bonchev–Trinajstić information content (AvgIpc) is 3.27. The Morgan fingerprint density at radius 3 is 2.42 bits per heavy atom. The summed E-state index contributed by atoms with van der Waals surface area (Å²) in [5.41, 5.74) is 0.286. The van der Waals surface area contributed by atoms with Gasteiger partial charge in [0, 0.05) is 23.7 Å². The van der Waals surface area contributed by atoms with Crippen LogP contribution in [0.5, 0.6) is 5.75 Å². The third kappa shape index (κ3) is 6.21. The first-order valence-electron chi connectivity index (χ1n) is 10.9. The van der Waals surface area contributed by atoms with Gasteiger partial charge in [-0.3, -0.25) is 15.0 Å². The molecule has 1 saturated heterocycles. The highest BCUT2D eigenvalue weighted by Crippen LogP contribution is 2.34. The monoisotopic (exact) mass is 476 g/mol. The minimum Gasteiger partial charge on any atom is -0.496 e. The van der Waals surface area contributed by atoms with E-state index in [1.807, 2.05) is 24.3 Å². The van der Waals surface area contributed by atoms with Gasteiger partial charge in [-0.2, -0.15) is 0 Å². The number of anilines is 1. The van der Waals surface area contributed by atoms with Crippen molar-refractivity contribution < 1.29 is 18.1 Å². The Morgan fingerprint density at radius 1 is 1.15 bits per heavy atom. The fraction of sp³-hybridized carbons (Fsp3) is 0.478. The van der Waals surface area contributed by atoms with Crippen molar-refractivity contribution in [1.29, 1.82) is 0 Å². The fourth-order valence-electron chi connectivity index (χ4n) is 4.08. The largest absolute Gasteiger partial charge is 0.496 e. The summed E-state index contributed by atoms with van der Waals surface area (Å²) < 4.78 is 33.4. The summed E-state index contributed by atoms with van der Waals surface area (Å²) >= 11 is 0. The molecular weight excluding hydrogens is 444 g/mol. The molecule has 33 heavy (non-hydrogen) atoms. The first-order chi connectivity index (χ1) is 15.5. The Bertz CT molecular complexity index is 1090. The normalized spacial score (nSPS) is 15.9. The molecule has 1 fully saturated rings. The van der Waals surface area contributed by atoms with Crippen LogP contribution >= 0.6 is 0 Å². The first-order valence-corrected chi connectivity index (χ1v) is 12.4. The molecule has 0 radical (unpaired) electrons. The number of ether oxygens (including phenoxy) is 1. The van der Waals surface area contributed by atoms with E-state index in [-0.39, 0.29) is 22.3 Å². The van der Waals surface area contributed by atoms with E-state index in [0.717, 1.165) is 43.3 Å². The zero-order valence-electron chi connectivity index (χ0n) is 19.5. The third-order valence-corrected chi connectivity index (χ3v) is 7.24. The number of hydrogen-bond donors (Lipinski definition) is 2. The number of likely N-dealkylation sites (tertiary alicyclic amines) is 1. The molecule has 0 bridgehead atoms. The van der Waals surface area contributed by atoms with Crippen LogP contribution in [0, 0.1) is 10.1 Å². The Kier molecular flexibility index (Phi) is 7.61. The van der Waals surface area contributed by atoms with Crippen molar-refractivity contribution in [3.63, 3.8) is 0 Å². The lowest BCUT2D eigenvalue weighted by Crippen LogP contribution is -2.40. The number of benzene rings is 2. The van der Waals surface area contributed by atoms with Crippen LogP contribution in [-0.4, -0.2) is 50.5 Å². The number of nitrogens with zero attached hydrogens (tertiary/aromatic N) is 2. The first kappa shape index (κ1) is 24.9. The van der Waals surface area contributed by atoms with Gasteiger partial charge in [0.25, 0.3) is 5.69 Å². The van der Waals surface area contributed by atoms with Crippen molar-refractivity contribution in [3.8, 4) is 5.75 Å². The molecule has 3 rings (SSSR count). The summed E-state index contributed by atoms with van der Waals surface area (Å²) in [4.78, 5) is 13.4. The SMILES string of the molecule is COc1ccccc1C(CNc1ccc(S(=O)(=O)NC(C)(C)C)cc1[N+](=O)[O-])N1CCCC1. The molecule has 0 aromatic heterocycles. The Morgan fingerprint density at radius 2 is 1.82 bits per heavy atom. The highest BCUT2D eigenvalue weighted by Gasteiger charge is 2.28. The highest BCUT2D eigenvalue weighted by atomic mass is 32.2. The van der Waals surface area contributed by atoms with Crippen LogP contribution in [0.15, 0.2) is 47.4 Å². The van der Waals surface area contributed by atoms with Gasteiger partial charge in [0.15, 0.2) is 0 Å². The minimum atomic E-state index is -3.89. The number of nitrogens with one attached hydrogen (secondary N) is 2. The van der Waals surface area contributed by atoms with Crippen LogP contribution in [0.2, 0.25) is 0 Å². The van der Waals surface area contributed by atoms with Gasteiger partial charge in [0.1, 0.15) is 11.4 Å². The van der Waals surface area contributed by atoms with Gasteiger partial charge in [-0.05, 0) is 64.9 Å². The standard InChI is InChI=1S/C23H32N4O5S/c1-23(2,3)25-33(30,31)17-11-12-19(20(15-17)27(28)29)24-16-21(26-13-7-8-14-26)18-9-5-6-10-22(18)32-4/h5-6,9-12,15,21,24-25H,7-8,13-14,16H2,1-4H3. The zero-order valence-corrected chi connectivity index (χ0v) is 20.3. The van der Waals surface area contributed by atoms with Gasteiger partial charge in [-0.25, -0.2) is 13.1 Å². The summed E-state index contributed by atoms with van der Waals surface area (Å²) in [5.74, 6) is 0.764. The summed E-state index contributed by atoms with van der Waals surface area (Å²) in [6.45, 7) is 7.42. The second-order valence-corrected chi connectivity index (χ2v) is 10.9. The van der Waals surface area contributed by atoms with E-state index < -0.39 is 20.5 Å². The molecule has 180 valence electrons. The highest BCUT2D eigenvalue weighted by molar-refractivity contribution is 7.89. The topological polar surface area (TPSA) is 114 Å². The molecule has 2 aromatic rings. The van der Waals surface area contributed by atoms with Crippen molar-refractivity contribution in [2.45, 2.75) is 50.1 Å². The van der Waals surface area contributed by atoms with Crippen LogP contribution in [0.3, 0.4) is 0 Å². The van der Waals surface area contributed by atoms with Crippen LogP contribution in [0.25, 0.3) is 0 Å². The molecule has 1 aliphatic rings. The number of sulfonamides is 1. The Balaban J connectivity index is 1.90. The summed E-state index contributed by atoms with van der Waals surface area (Å²) in [7, 11) is -2.27. The number of rotatable bonds is 9. The maximum absolute atomic E-state index is 12.7. The number of nitro benzene ring substituents is 1. The molecule has 9 nitrogen and oxygen atoms in total. The second kappa shape index (κ2) is 10.1. The summed E-state index contributed by atoms with van der Waals surface area (Å²) in [6, 6.07) is 11.7. The average molecular weight is 477 g/mol. The number of hydrogen-bond acceptors (Lipinski definition) is 7. The number of methoxy groups -OCH3 is 1. The van der Waals surface area contributed by atoms with Crippen molar-refractivity contribution in [1.82, 2.24) is 9.62 Å². The fourth-order valence-corrected chi connectivity index (χ4v) is 5.52. The molecule has 2 N–H and O–H groups in total. The van der Waals surface area contributed by atoms with Crippen molar-refractivity contribution >= 4 is 21.4 Å². The Labute approximate surface area is 195 Å². The van der Waals surface area contributed by atoms with E-state index >= 15 is 0 Å². The third-order valence-electron chi connectivity index (χ3n) is 5.48. The van der Waals surface area contributed by atoms with E-state index in [4.69, 9.17) is 4.74 Å². The maximum Gasteiger partial charge on any atom is 0.293 e. The lowest BCUT2D eigenvalue weighted by Gasteiger charge is -2.29. The molecule has 1 unspecified atom stereocenters. The maximum atomic E-state index is 12.7. The lowest BCUT2D eigenvalue weighted by molar-refractivity contribution is -0.384. The molecule has 1 aliphatic heterocycles. The quantitative estimate of drug-likeness (QED) is 0.416. The van der Waals surface area contributed by atoms with Gasteiger partial charge < -0.3 is 10.1 Å². The van der Waals surface area contributed by atoms with E-state index in [0.29, 0.717) is 6.54 Å². The second-order valence-electron chi connectivity index (χ2n) is 9.17. The van der Waals surface area contributed by atoms with Crippen LogP contribution in [0.4, 0.5) is 11.4 Å². The molecule has 10 heteroatoms. The van der Waals surface area contributed by atoms with Crippen molar-refractivity contribution in [2.75, 3.05) is 32.1 Å². The lowest BCUT2D eigenvalue weighted by atomic mass is 10.0. The minimum absolute atomic E-state index is 0.0470. The van der Waals surface area contributed by atoms with E-state index in [9.17, 15) is 18.5 Å². The summed E-state index contributed by atoms with van der Waals surface area (Å²) in [5, 5.41) is 15.0. The molecular formula is C23H32N4O5S.